The molecule has 1 unspecified atom stereocenters. The molecule has 1 fully saturated rings. The number of hydrogen-bond acceptors (Lipinski definition) is 3. The van der Waals surface area contributed by atoms with Crippen LogP contribution in [0.25, 0.3) is 0 Å². The number of amides is 2. The van der Waals surface area contributed by atoms with Crippen LogP contribution in [0.1, 0.15) is 42.1 Å². The van der Waals surface area contributed by atoms with E-state index in [-0.39, 0.29) is 23.8 Å². The van der Waals surface area contributed by atoms with Crippen molar-refractivity contribution >= 4 is 29.1 Å². The number of piperidine rings is 1. The summed E-state index contributed by atoms with van der Waals surface area (Å²) in [7, 11) is 0. The van der Waals surface area contributed by atoms with Gasteiger partial charge in [0.15, 0.2) is 0 Å². The summed E-state index contributed by atoms with van der Waals surface area (Å²) in [6, 6.07) is 15.1. The minimum atomic E-state index is -0.354. The Kier molecular flexibility index (Phi) is 7.29. The van der Waals surface area contributed by atoms with Crippen molar-refractivity contribution in [2.24, 2.45) is 5.92 Å². The van der Waals surface area contributed by atoms with Crippen molar-refractivity contribution in [1.29, 1.82) is 0 Å². The fraction of sp³-hybridized carbons (Fsp3) is 0.391. The topological polar surface area (TPSA) is 69.6 Å². The van der Waals surface area contributed by atoms with Crippen molar-refractivity contribution in [3.63, 3.8) is 0 Å². The minimum absolute atomic E-state index is 0.110. The minimum Gasteiger partial charge on any atom is -0.393 e. The van der Waals surface area contributed by atoms with Gasteiger partial charge in [0.05, 0.1) is 16.7 Å². The number of carbonyl (C=O) groups excluding carboxylic acids is 2. The lowest BCUT2D eigenvalue weighted by Crippen LogP contribution is -2.41. The predicted octanol–water partition coefficient (Wildman–Crippen LogP) is 4.14. The van der Waals surface area contributed by atoms with Gasteiger partial charge in [-0.15, -0.1) is 0 Å². The Morgan fingerprint density at radius 2 is 1.86 bits per heavy atom. The van der Waals surface area contributed by atoms with Crippen LogP contribution in [0, 0.1) is 5.92 Å². The zero-order valence-electron chi connectivity index (χ0n) is 16.6. The molecule has 1 aliphatic heterocycles. The molecule has 0 aromatic heterocycles. The fourth-order valence-corrected chi connectivity index (χ4v) is 4.08. The van der Waals surface area contributed by atoms with Crippen LogP contribution in [0.4, 0.5) is 5.69 Å². The van der Waals surface area contributed by atoms with Gasteiger partial charge in [0.1, 0.15) is 0 Å². The lowest BCUT2D eigenvalue weighted by molar-refractivity contribution is -0.114. The Labute approximate surface area is 176 Å². The smallest absolute Gasteiger partial charge is 0.255 e. The van der Waals surface area contributed by atoms with Crippen LogP contribution in [0.3, 0.4) is 0 Å². The maximum Gasteiger partial charge on any atom is 0.255 e. The zero-order valence-corrected chi connectivity index (χ0v) is 17.4. The van der Waals surface area contributed by atoms with Gasteiger partial charge in [0.25, 0.3) is 5.91 Å². The first-order valence-electron chi connectivity index (χ1n) is 10.0. The molecule has 3 rings (SSSR count). The number of aryl methyl sites for hydroxylation is 1. The maximum absolute atomic E-state index is 12.8. The van der Waals surface area contributed by atoms with E-state index < -0.39 is 0 Å². The van der Waals surface area contributed by atoms with E-state index in [0.29, 0.717) is 29.4 Å². The number of anilines is 1. The third-order valence-corrected chi connectivity index (χ3v) is 5.78. The summed E-state index contributed by atoms with van der Waals surface area (Å²) >= 11 is 6.27. The van der Waals surface area contributed by atoms with Gasteiger partial charge in [-0.3, -0.25) is 9.59 Å². The van der Waals surface area contributed by atoms with Crippen molar-refractivity contribution in [3.05, 3.63) is 64.7 Å². The van der Waals surface area contributed by atoms with Gasteiger partial charge in [-0.1, -0.05) is 41.9 Å². The third kappa shape index (κ3) is 5.81. The molecule has 29 heavy (non-hydrogen) atoms. The van der Waals surface area contributed by atoms with Crippen LogP contribution in [-0.4, -0.2) is 41.0 Å². The number of nitrogens with zero attached hydrogens (tertiary/aromatic N) is 1. The van der Waals surface area contributed by atoms with Crippen LogP contribution in [0.15, 0.2) is 48.5 Å². The highest BCUT2D eigenvalue weighted by atomic mass is 35.5. The molecule has 0 bridgehead atoms. The van der Waals surface area contributed by atoms with Gasteiger partial charge in [-0.05, 0) is 55.4 Å². The first-order chi connectivity index (χ1) is 13.9. The van der Waals surface area contributed by atoms with Crippen LogP contribution in [0.2, 0.25) is 5.02 Å². The summed E-state index contributed by atoms with van der Waals surface area (Å²) in [5.41, 5.74) is 2.24. The Hall–Kier alpha value is -2.37. The lowest BCUT2D eigenvalue weighted by atomic mass is 9.88. The standard InChI is InChI=1S/C23H27ClN2O3/c1-16(27)25-19-8-9-20(21(24)15-19)23(29)26-13-11-18(12-14-26)22(28)10-7-17-5-3-2-4-6-17/h2-6,8-9,15,18,22,28H,7,10-14H2,1H3,(H,25,27). The second-order valence-corrected chi connectivity index (χ2v) is 8.00. The van der Waals surface area contributed by atoms with E-state index in [2.05, 4.69) is 17.4 Å². The van der Waals surface area contributed by atoms with E-state index in [9.17, 15) is 14.7 Å². The van der Waals surface area contributed by atoms with Gasteiger partial charge < -0.3 is 15.3 Å². The molecule has 1 heterocycles. The quantitative estimate of drug-likeness (QED) is 0.746. The van der Waals surface area contributed by atoms with Crippen molar-refractivity contribution in [2.45, 2.75) is 38.7 Å². The number of nitrogens with one attached hydrogen (secondary N) is 1. The van der Waals surface area contributed by atoms with E-state index in [1.165, 1.54) is 12.5 Å². The van der Waals surface area contributed by atoms with Crippen molar-refractivity contribution in [3.8, 4) is 0 Å². The molecule has 1 aliphatic rings. The number of hydrogen-bond donors (Lipinski definition) is 2. The van der Waals surface area contributed by atoms with Crippen LogP contribution in [0.5, 0.6) is 0 Å². The Balaban J connectivity index is 1.52. The summed E-state index contributed by atoms with van der Waals surface area (Å²) in [6.45, 7) is 2.64. The van der Waals surface area contributed by atoms with E-state index >= 15 is 0 Å². The molecular formula is C23H27ClN2O3. The van der Waals surface area contributed by atoms with E-state index in [4.69, 9.17) is 11.6 Å². The van der Waals surface area contributed by atoms with Crippen molar-refractivity contribution in [2.75, 3.05) is 18.4 Å². The molecule has 5 nitrogen and oxygen atoms in total. The maximum atomic E-state index is 12.8. The number of halogens is 1. The summed E-state index contributed by atoms with van der Waals surface area (Å²) < 4.78 is 0. The van der Waals surface area contributed by atoms with Gasteiger partial charge in [-0.2, -0.15) is 0 Å². The molecule has 0 aliphatic carbocycles. The van der Waals surface area contributed by atoms with E-state index in [1.54, 1.807) is 23.1 Å². The molecule has 2 N–H and O–H groups in total. The Morgan fingerprint density at radius 1 is 1.17 bits per heavy atom. The molecule has 0 saturated carbocycles. The molecule has 0 spiro atoms. The monoisotopic (exact) mass is 414 g/mol. The molecule has 0 radical (unpaired) electrons. The molecule has 1 saturated heterocycles. The Bertz CT molecular complexity index is 848. The third-order valence-electron chi connectivity index (χ3n) is 5.46. The largest absolute Gasteiger partial charge is 0.393 e. The fourth-order valence-electron chi connectivity index (χ4n) is 3.82. The average Bonchev–Trinajstić information content (AvgIpc) is 2.72. The number of aliphatic hydroxyl groups is 1. The molecule has 154 valence electrons. The SMILES string of the molecule is CC(=O)Nc1ccc(C(=O)N2CCC(C(O)CCc3ccccc3)CC2)c(Cl)c1. The molecule has 6 heteroatoms. The highest BCUT2D eigenvalue weighted by molar-refractivity contribution is 6.34. The molecular weight excluding hydrogens is 388 g/mol. The summed E-state index contributed by atoms with van der Waals surface area (Å²) in [5, 5.41) is 13.5. The van der Waals surface area contributed by atoms with Gasteiger partial charge >= 0.3 is 0 Å². The zero-order chi connectivity index (χ0) is 20.8. The summed E-state index contributed by atoms with van der Waals surface area (Å²) in [6.07, 6.45) is 2.80. The molecule has 2 aromatic carbocycles. The number of likely N-dealkylation sites (tertiary alicyclic amines) is 1. The summed E-state index contributed by atoms with van der Waals surface area (Å²) in [5.74, 6) is -0.0879. The van der Waals surface area contributed by atoms with E-state index in [0.717, 1.165) is 25.7 Å². The van der Waals surface area contributed by atoms with E-state index in [1.807, 2.05) is 18.2 Å². The van der Waals surface area contributed by atoms with Crippen molar-refractivity contribution in [1.82, 2.24) is 4.90 Å². The highest BCUT2D eigenvalue weighted by Gasteiger charge is 2.28. The number of benzene rings is 2. The second-order valence-electron chi connectivity index (χ2n) is 7.60. The van der Waals surface area contributed by atoms with Gasteiger partial charge in [0, 0.05) is 25.7 Å². The van der Waals surface area contributed by atoms with Crippen molar-refractivity contribution < 1.29 is 14.7 Å². The highest BCUT2D eigenvalue weighted by Crippen LogP contribution is 2.27. The molecule has 2 aromatic rings. The summed E-state index contributed by atoms with van der Waals surface area (Å²) in [4.78, 5) is 25.8. The van der Waals surface area contributed by atoms with Crippen LogP contribution < -0.4 is 5.32 Å². The van der Waals surface area contributed by atoms with Gasteiger partial charge in [0.2, 0.25) is 5.91 Å². The van der Waals surface area contributed by atoms with Crippen LogP contribution >= 0.6 is 11.6 Å². The first kappa shape index (κ1) is 21.3. The molecule has 2 amide bonds. The number of carbonyl (C=O) groups is 2. The average molecular weight is 415 g/mol. The Morgan fingerprint density at radius 3 is 2.48 bits per heavy atom. The number of rotatable bonds is 6. The molecule has 1 atom stereocenters. The normalized spacial score (nSPS) is 15.8. The number of aliphatic hydroxyl groups excluding tert-OH is 1. The second kappa shape index (κ2) is 9.90. The lowest BCUT2D eigenvalue weighted by Gasteiger charge is -2.34. The van der Waals surface area contributed by atoms with Crippen LogP contribution in [-0.2, 0) is 11.2 Å². The van der Waals surface area contributed by atoms with Gasteiger partial charge in [-0.25, -0.2) is 0 Å². The first-order valence-corrected chi connectivity index (χ1v) is 10.4. The predicted molar refractivity (Wildman–Crippen MR) is 115 cm³/mol.